The second-order valence-electron chi connectivity index (χ2n) is 5.09. The highest BCUT2D eigenvalue weighted by Gasteiger charge is 2.16. The molecule has 0 aliphatic heterocycles. The fourth-order valence-corrected chi connectivity index (χ4v) is 2.87. The largest absolute Gasteiger partial charge is 0.384 e. The van der Waals surface area contributed by atoms with Crippen LogP contribution in [0.2, 0.25) is 5.02 Å². The van der Waals surface area contributed by atoms with Crippen molar-refractivity contribution in [3.05, 3.63) is 46.0 Å². The highest BCUT2D eigenvalue weighted by atomic mass is 35.5. The lowest BCUT2D eigenvalue weighted by molar-refractivity contribution is 0.912. The second-order valence-corrected chi connectivity index (χ2v) is 5.49. The molecule has 5 nitrogen and oxygen atoms in total. The molecule has 1 aromatic heterocycles. The number of nitrogens with zero attached hydrogens (tertiary/aromatic N) is 1. The Morgan fingerprint density at radius 3 is 2.90 bits per heavy atom. The summed E-state index contributed by atoms with van der Waals surface area (Å²) < 4.78 is 0. The number of hydrogen-bond acceptors (Lipinski definition) is 4. The lowest BCUT2D eigenvalue weighted by Crippen LogP contribution is -2.15. The highest BCUT2D eigenvalue weighted by Crippen LogP contribution is 2.33. The topological polar surface area (TPSA) is 101 Å². The third-order valence-electron chi connectivity index (χ3n) is 3.69. The molecule has 1 aliphatic carbocycles. The van der Waals surface area contributed by atoms with Gasteiger partial charge in [-0.15, -0.1) is 0 Å². The van der Waals surface area contributed by atoms with Gasteiger partial charge in [-0.05, 0) is 42.5 Å². The van der Waals surface area contributed by atoms with Crippen molar-refractivity contribution in [2.75, 3.05) is 11.1 Å². The van der Waals surface area contributed by atoms with Crippen molar-refractivity contribution in [3.8, 4) is 0 Å². The van der Waals surface area contributed by atoms with Crippen LogP contribution in [0.4, 0.5) is 17.3 Å². The fourth-order valence-electron chi connectivity index (χ4n) is 2.67. The fraction of sp³-hybridized carbons (Fsp3) is 0.200. The summed E-state index contributed by atoms with van der Waals surface area (Å²) in [6, 6.07) is 7.75. The van der Waals surface area contributed by atoms with Gasteiger partial charge in [0.05, 0.1) is 10.6 Å². The molecule has 0 amide bonds. The number of fused-ring (bicyclic) bond motifs is 1. The number of nitrogen functional groups attached to an aromatic ring is 2. The van der Waals surface area contributed by atoms with Crippen LogP contribution in [0.25, 0.3) is 0 Å². The molecule has 108 valence electrons. The van der Waals surface area contributed by atoms with Crippen LogP contribution in [-0.4, -0.2) is 10.8 Å². The average Bonchev–Trinajstić information content (AvgIpc) is 2.91. The number of amidine groups is 1. The van der Waals surface area contributed by atoms with Gasteiger partial charge in [0, 0.05) is 5.69 Å². The molecule has 0 radical (unpaired) electrons. The number of nitrogens with two attached hydrogens (primary N) is 2. The standard InChI is InChI=1S/C15H16ClN5/c16-11-7-10(13(17)18)14(19)21-15(11)20-12-6-2-4-8-3-1-5-9(8)12/h2,4,6-7H,1,3,5H2,(H3,17,18)(H3,19,20,21). The van der Waals surface area contributed by atoms with Crippen molar-refractivity contribution < 1.29 is 0 Å². The van der Waals surface area contributed by atoms with E-state index in [9.17, 15) is 0 Å². The maximum Gasteiger partial charge on any atom is 0.151 e. The number of anilines is 3. The van der Waals surface area contributed by atoms with Gasteiger partial charge in [0.2, 0.25) is 0 Å². The molecule has 1 heterocycles. The van der Waals surface area contributed by atoms with Gasteiger partial charge in [0.1, 0.15) is 11.7 Å². The molecule has 1 aliphatic rings. The Balaban J connectivity index is 1.98. The van der Waals surface area contributed by atoms with Crippen LogP contribution in [0, 0.1) is 5.41 Å². The SMILES string of the molecule is N=C(N)c1cc(Cl)c(Nc2cccc3c2CCC3)nc1N. The number of aromatic nitrogens is 1. The first-order chi connectivity index (χ1) is 10.1. The first-order valence-electron chi connectivity index (χ1n) is 6.74. The molecule has 0 unspecified atom stereocenters. The lowest BCUT2D eigenvalue weighted by Gasteiger charge is -2.13. The monoisotopic (exact) mass is 301 g/mol. The minimum Gasteiger partial charge on any atom is -0.384 e. The van der Waals surface area contributed by atoms with E-state index in [-0.39, 0.29) is 11.7 Å². The lowest BCUT2D eigenvalue weighted by atomic mass is 10.1. The van der Waals surface area contributed by atoms with E-state index in [1.165, 1.54) is 17.5 Å². The number of halogens is 1. The Morgan fingerprint density at radius 2 is 2.14 bits per heavy atom. The Labute approximate surface area is 127 Å². The van der Waals surface area contributed by atoms with E-state index in [1.54, 1.807) is 6.07 Å². The summed E-state index contributed by atoms with van der Waals surface area (Å²) >= 11 is 6.21. The molecule has 2 aromatic rings. The van der Waals surface area contributed by atoms with Crippen molar-refractivity contribution in [2.24, 2.45) is 5.73 Å². The Bertz CT molecular complexity index is 726. The molecule has 0 fully saturated rings. The van der Waals surface area contributed by atoms with Gasteiger partial charge in [0.15, 0.2) is 5.82 Å². The molecule has 0 saturated carbocycles. The van der Waals surface area contributed by atoms with Crippen LogP contribution in [0.1, 0.15) is 23.1 Å². The summed E-state index contributed by atoms with van der Waals surface area (Å²) in [5.74, 6) is 0.537. The summed E-state index contributed by atoms with van der Waals surface area (Å²) in [6.45, 7) is 0. The van der Waals surface area contributed by atoms with E-state index in [0.29, 0.717) is 16.4 Å². The van der Waals surface area contributed by atoms with E-state index in [4.69, 9.17) is 28.5 Å². The van der Waals surface area contributed by atoms with Crippen molar-refractivity contribution in [2.45, 2.75) is 19.3 Å². The Morgan fingerprint density at radius 1 is 1.33 bits per heavy atom. The van der Waals surface area contributed by atoms with E-state index < -0.39 is 0 Å². The number of benzene rings is 1. The summed E-state index contributed by atoms with van der Waals surface area (Å²) in [4.78, 5) is 4.23. The molecule has 1 aromatic carbocycles. The quantitative estimate of drug-likeness (QED) is 0.517. The summed E-state index contributed by atoms with van der Waals surface area (Å²) in [5.41, 5.74) is 15.3. The zero-order valence-corrected chi connectivity index (χ0v) is 12.2. The van der Waals surface area contributed by atoms with Gasteiger partial charge in [-0.2, -0.15) is 0 Å². The number of aryl methyl sites for hydroxylation is 1. The van der Waals surface area contributed by atoms with Crippen molar-refractivity contribution in [1.29, 1.82) is 5.41 Å². The predicted octanol–water partition coefficient (Wildman–Crippen LogP) is 2.83. The molecule has 0 spiro atoms. The minimum absolute atomic E-state index is 0.144. The molecule has 3 rings (SSSR count). The zero-order valence-electron chi connectivity index (χ0n) is 11.4. The van der Waals surface area contributed by atoms with Gasteiger partial charge in [-0.25, -0.2) is 4.98 Å². The van der Waals surface area contributed by atoms with Crippen LogP contribution in [0.15, 0.2) is 24.3 Å². The predicted molar refractivity (Wildman–Crippen MR) is 86.4 cm³/mol. The van der Waals surface area contributed by atoms with Gasteiger partial charge in [-0.3, -0.25) is 5.41 Å². The summed E-state index contributed by atoms with van der Waals surface area (Å²) in [6.07, 6.45) is 3.33. The summed E-state index contributed by atoms with van der Waals surface area (Å²) in [7, 11) is 0. The third kappa shape index (κ3) is 2.52. The van der Waals surface area contributed by atoms with E-state index in [2.05, 4.69) is 16.4 Å². The van der Waals surface area contributed by atoms with Gasteiger partial charge < -0.3 is 16.8 Å². The van der Waals surface area contributed by atoms with Gasteiger partial charge in [0.25, 0.3) is 0 Å². The molecular formula is C15H16ClN5. The van der Waals surface area contributed by atoms with Crippen molar-refractivity contribution >= 4 is 34.8 Å². The second kappa shape index (κ2) is 5.26. The van der Waals surface area contributed by atoms with Crippen molar-refractivity contribution in [3.63, 3.8) is 0 Å². The average molecular weight is 302 g/mol. The molecular weight excluding hydrogens is 286 g/mol. The maximum atomic E-state index is 7.44. The minimum atomic E-state index is -0.144. The number of nitrogens with one attached hydrogen (secondary N) is 2. The highest BCUT2D eigenvalue weighted by molar-refractivity contribution is 6.33. The Hall–Kier alpha value is -2.27. The molecule has 0 bridgehead atoms. The molecule has 21 heavy (non-hydrogen) atoms. The first kappa shape index (κ1) is 13.7. The first-order valence-corrected chi connectivity index (χ1v) is 7.12. The van der Waals surface area contributed by atoms with Crippen LogP contribution in [0.5, 0.6) is 0 Å². The normalized spacial score (nSPS) is 13.0. The molecule has 0 saturated heterocycles. The smallest absolute Gasteiger partial charge is 0.151 e. The number of hydrogen-bond donors (Lipinski definition) is 4. The van der Waals surface area contributed by atoms with Crippen LogP contribution < -0.4 is 16.8 Å². The third-order valence-corrected chi connectivity index (χ3v) is 3.98. The summed E-state index contributed by atoms with van der Waals surface area (Å²) in [5, 5.41) is 11.1. The van der Waals surface area contributed by atoms with Crippen LogP contribution in [0.3, 0.4) is 0 Å². The number of rotatable bonds is 3. The van der Waals surface area contributed by atoms with Crippen LogP contribution in [-0.2, 0) is 12.8 Å². The van der Waals surface area contributed by atoms with E-state index in [0.717, 1.165) is 18.5 Å². The van der Waals surface area contributed by atoms with Crippen molar-refractivity contribution in [1.82, 2.24) is 4.98 Å². The molecule has 6 N–H and O–H groups in total. The molecule has 6 heteroatoms. The number of pyridine rings is 1. The van der Waals surface area contributed by atoms with Crippen LogP contribution >= 0.6 is 11.6 Å². The molecule has 0 atom stereocenters. The van der Waals surface area contributed by atoms with Gasteiger partial charge in [-0.1, -0.05) is 23.7 Å². The zero-order chi connectivity index (χ0) is 15.0. The van der Waals surface area contributed by atoms with E-state index in [1.807, 2.05) is 12.1 Å². The maximum absolute atomic E-state index is 7.44. The van der Waals surface area contributed by atoms with Gasteiger partial charge >= 0.3 is 0 Å². The van der Waals surface area contributed by atoms with E-state index >= 15 is 0 Å². The Kier molecular flexibility index (Phi) is 3.43.